The second kappa shape index (κ2) is 1.92. The molecule has 3 heteroatoms. The number of hydrogen-bond donors (Lipinski definition) is 0. The predicted octanol–water partition coefficient (Wildman–Crippen LogP) is -0.0868. The van der Waals surface area contributed by atoms with Gasteiger partial charge in [0.1, 0.15) is 0 Å². The molecule has 1 unspecified atom stereocenters. The van der Waals surface area contributed by atoms with Crippen LogP contribution in [0.2, 0.25) is 0 Å². The molecule has 0 amide bonds. The van der Waals surface area contributed by atoms with Gasteiger partial charge in [0.25, 0.3) is 0 Å². The normalized spacial score (nSPS) is 49.7. The van der Waals surface area contributed by atoms with Crippen LogP contribution in [0.15, 0.2) is 0 Å². The largest absolute Gasteiger partial charge is 0.297 e. The summed E-state index contributed by atoms with van der Waals surface area (Å²) in [6, 6.07) is 0. The minimum atomic E-state index is -0.674. The van der Waals surface area contributed by atoms with Crippen LogP contribution in [0.5, 0.6) is 0 Å². The van der Waals surface area contributed by atoms with Crippen molar-refractivity contribution in [3.63, 3.8) is 0 Å². The van der Waals surface area contributed by atoms with E-state index >= 15 is 0 Å². The van der Waals surface area contributed by atoms with Crippen molar-refractivity contribution in [1.29, 1.82) is 0 Å². The van der Waals surface area contributed by atoms with Crippen LogP contribution < -0.4 is 0 Å². The molecule has 0 N–H and O–H groups in total. The maximum Gasteiger partial charge on any atom is 0.166 e. The van der Waals surface area contributed by atoms with E-state index < -0.39 is 6.30 Å². The SMILES string of the molecule is FC1CN2CCN1CC2. The number of alkyl halides is 1. The zero-order chi connectivity index (χ0) is 6.27. The summed E-state index contributed by atoms with van der Waals surface area (Å²) in [4.78, 5) is 4.10. The average Bonchev–Trinajstić information content (AvgIpc) is 1.90. The minimum absolute atomic E-state index is 0.639. The van der Waals surface area contributed by atoms with E-state index in [2.05, 4.69) is 4.90 Å². The summed E-state index contributed by atoms with van der Waals surface area (Å²) < 4.78 is 12.8. The lowest BCUT2D eigenvalue weighted by Gasteiger charge is -2.43. The van der Waals surface area contributed by atoms with Gasteiger partial charge in [0.05, 0.1) is 0 Å². The van der Waals surface area contributed by atoms with Gasteiger partial charge in [-0.2, -0.15) is 0 Å². The van der Waals surface area contributed by atoms with Crippen LogP contribution in [-0.2, 0) is 0 Å². The van der Waals surface area contributed by atoms with Crippen LogP contribution in [0, 0.1) is 0 Å². The van der Waals surface area contributed by atoms with Gasteiger partial charge in [0.2, 0.25) is 0 Å². The summed E-state index contributed by atoms with van der Waals surface area (Å²) in [5.74, 6) is 0. The Balaban J connectivity index is 2.06. The molecule has 52 valence electrons. The molecular weight excluding hydrogens is 119 g/mol. The summed E-state index contributed by atoms with van der Waals surface area (Å²) in [6.45, 7) is 4.64. The first-order valence-electron chi connectivity index (χ1n) is 3.47. The van der Waals surface area contributed by atoms with Crippen LogP contribution in [0.1, 0.15) is 0 Å². The molecule has 3 aliphatic heterocycles. The average molecular weight is 130 g/mol. The second-order valence-electron chi connectivity index (χ2n) is 2.77. The van der Waals surface area contributed by atoms with Crippen molar-refractivity contribution in [2.75, 3.05) is 32.7 Å². The van der Waals surface area contributed by atoms with E-state index in [0.29, 0.717) is 6.54 Å². The quantitative estimate of drug-likeness (QED) is 0.423. The van der Waals surface area contributed by atoms with Crippen molar-refractivity contribution < 1.29 is 4.39 Å². The van der Waals surface area contributed by atoms with Crippen LogP contribution in [0.3, 0.4) is 0 Å². The molecule has 3 rings (SSSR count). The van der Waals surface area contributed by atoms with E-state index in [0.717, 1.165) is 26.2 Å². The van der Waals surface area contributed by atoms with Gasteiger partial charge >= 0.3 is 0 Å². The van der Waals surface area contributed by atoms with Crippen LogP contribution in [0.4, 0.5) is 4.39 Å². The van der Waals surface area contributed by atoms with Crippen LogP contribution >= 0.6 is 0 Å². The van der Waals surface area contributed by atoms with Gasteiger partial charge < -0.3 is 0 Å². The van der Waals surface area contributed by atoms with Gasteiger partial charge in [-0.25, -0.2) is 4.39 Å². The molecule has 3 fully saturated rings. The molecule has 3 saturated heterocycles. The summed E-state index contributed by atoms with van der Waals surface area (Å²) in [5, 5.41) is 0. The Hall–Kier alpha value is -0.150. The van der Waals surface area contributed by atoms with Gasteiger partial charge in [-0.3, -0.25) is 9.80 Å². The third-order valence-corrected chi connectivity index (χ3v) is 2.21. The molecule has 0 aromatic rings. The Morgan fingerprint density at radius 2 is 1.78 bits per heavy atom. The monoisotopic (exact) mass is 130 g/mol. The molecule has 3 aliphatic rings. The maximum atomic E-state index is 12.8. The van der Waals surface area contributed by atoms with Gasteiger partial charge in [0, 0.05) is 32.7 Å². The summed E-state index contributed by atoms with van der Waals surface area (Å²) >= 11 is 0. The predicted molar refractivity (Wildman–Crippen MR) is 32.9 cm³/mol. The van der Waals surface area contributed by atoms with Crippen molar-refractivity contribution in [2.45, 2.75) is 6.30 Å². The smallest absolute Gasteiger partial charge is 0.166 e. The molecule has 2 bridgehead atoms. The third-order valence-electron chi connectivity index (χ3n) is 2.21. The van der Waals surface area contributed by atoms with Crippen LogP contribution in [0.25, 0.3) is 0 Å². The molecule has 2 nitrogen and oxygen atoms in total. The highest BCUT2D eigenvalue weighted by molar-refractivity contribution is 4.82. The fourth-order valence-electron chi connectivity index (χ4n) is 1.55. The number of hydrogen-bond acceptors (Lipinski definition) is 2. The molecule has 0 aromatic heterocycles. The van der Waals surface area contributed by atoms with E-state index in [4.69, 9.17) is 0 Å². The van der Waals surface area contributed by atoms with Crippen LogP contribution in [-0.4, -0.2) is 48.8 Å². The number of rotatable bonds is 0. The lowest BCUT2D eigenvalue weighted by molar-refractivity contribution is -0.0480. The van der Waals surface area contributed by atoms with Crippen molar-refractivity contribution in [1.82, 2.24) is 9.80 Å². The molecule has 0 aliphatic carbocycles. The fraction of sp³-hybridized carbons (Fsp3) is 1.00. The Morgan fingerprint density at radius 3 is 2.00 bits per heavy atom. The van der Waals surface area contributed by atoms with Crippen molar-refractivity contribution in [3.8, 4) is 0 Å². The number of halogens is 1. The van der Waals surface area contributed by atoms with Gasteiger partial charge in [0.15, 0.2) is 6.30 Å². The number of piperazine rings is 3. The Labute approximate surface area is 54.2 Å². The molecule has 3 heterocycles. The highest BCUT2D eigenvalue weighted by Gasteiger charge is 2.31. The zero-order valence-corrected chi connectivity index (χ0v) is 5.39. The maximum absolute atomic E-state index is 12.8. The number of nitrogens with zero attached hydrogens (tertiary/aromatic N) is 2. The lowest BCUT2D eigenvalue weighted by atomic mass is 10.2. The van der Waals surface area contributed by atoms with Gasteiger partial charge in [-0.15, -0.1) is 0 Å². The van der Waals surface area contributed by atoms with E-state index in [9.17, 15) is 4.39 Å². The molecular formula is C6H11FN2. The Bertz CT molecular complexity index is 110. The first-order chi connectivity index (χ1) is 4.36. The van der Waals surface area contributed by atoms with E-state index in [1.807, 2.05) is 4.90 Å². The molecule has 0 saturated carbocycles. The third kappa shape index (κ3) is 0.843. The van der Waals surface area contributed by atoms with Crippen molar-refractivity contribution in [3.05, 3.63) is 0 Å². The molecule has 0 aromatic carbocycles. The topological polar surface area (TPSA) is 6.48 Å². The summed E-state index contributed by atoms with van der Waals surface area (Å²) in [5.41, 5.74) is 0. The van der Waals surface area contributed by atoms with Crippen molar-refractivity contribution in [2.24, 2.45) is 0 Å². The second-order valence-corrected chi connectivity index (χ2v) is 2.77. The Kier molecular flexibility index (Phi) is 1.20. The molecule has 0 spiro atoms. The van der Waals surface area contributed by atoms with E-state index in [1.54, 1.807) is 0 Å². The van der Waals surface area contributed by atoms with E-state index in [1.165, 1.54) is 0 Å². The summed E-state index contributed by atoms with van der Waals surface area (Å²) in [6.07, 6.45) is -0.674. The first-order valence-corrected chi connectivity index (χ1v) is 3.47. The minimum Gasteiger partial charge on any atom is -0.297 e. The Morgan fingerprint density at radius 1 is 1.11 bits per heavy atom. The molecule has 0 radical (unpaired) electrons. The van der Waals surface area contributed by atoms with Gasteiger partial charge in [-0.05, 0) is 0 Å². The highest BCUT2D eigenvalue weighted by Crippen LogP contribution is 2.15. The standard InChI is InChI=1S/C6H11FN2/c7-6-5-8-1-3-9(6)4-2-8/h6H,1-5H2. The highest BCUT2D eigenvalue weighted by atomic mass is 19.1. The first kappa shape index (κ1) is 5.62. The fourth-order valence-corrected chi connectivity index (χ4v) is 1.55. The lowest BCUT2D eigenvalue weighted by Crippen LogP contribution is -2.59. The number of fused-ring (bicyclic) bond motifs is 3. The molecule has 1 atom stereocenters. The zero-order valence-electron chi connectivity index (χ0n) is 5.39. The molecule has 9 heavy (non-hydrogen) atoms. The van der Waals surface area contributed by atoms with E-state index in [-0.39, 0.29) is 0 Å². The summed E-state index contributed by atoms with van der Waals surface area (Å²) in [7, 11) is 0. The van der Waals surface area contributed by atoms with Gasteiger partial charge in [-0.1, -0.05) is 0 Å². The van der Waals surface area contributed by atoms with Crippen molar-refractivity contribution >= 4 is 0 Å².